The van der Waals surface area contributed by atoms with Crippen LogP contribution in [0.4, 0.5) is 0 Å². The van der Waals surface area contributed by atoms with Gasteiger partial charge in [-0.15, -0.1) is 0 Å². The van der Waals surface area contributed by atoms with Crippen molar-refractivity contribution in [1.82, 2.24) is 5.32 Å². The van der Waals surface area contributed by atoms with Gasteiger partial charge in [-0.1, -0.05) is 19.4 Å². The zero-order valence-corrected chi connectivity index (χ0v) is 13.9. The van der Waals surface area contributed by atoms with Crippen LogP contribution in [0.25, 0.3) is 0 Å². The highest BCUT2D eigenvalue weighted by molar-refractivity contribution is 5.43. The highest BCUT2D eigenvalue weighted by atomic mass is 16.5. The molecule has 0 amide bonds. The smallest absolute Gasteiger partial charge is 0.161 e. The lowest BCUT2D eigenvalue weighted by Crippen LogP contribution is -2.36. The Hall–Kier alpha value is -1.26. The summed E-state index contributed by atoms with van der Waals surface area (Å²) in [5.41, 5.74) is 1.22. The third kappa shape index (κ3) is 5.50. The molecule has 0 radical (unpaired) electrons. The van der Waals surface area contributed by atoms with Crippen LogP contribution in [0.2, 0.25) is 0 Å². The van der Waals surface area contributed by atoms with E-state index in [1.165, 1.54) is 12.0 Å². The summed E-state index contributed by atoms with van der Waals surface area (Å²) in [7, 11) is 0. The van der Waals surface area contributed by atoms with Crippen LogP contribution in [0.5, 0.6) is 11.5 Å². The first kappa shape index (κ1) is 17.1. The van der Waals surface area contributed by atoms with E-state index < -0.39 is 0 Å². The molecule has 0 aliphatic carbocycles. The molecule has 0 saturated carbocycles. The van der Waals surface area contributed by atoms with E-state index in [2.05, 4.69) is 24.4 Å². The van der Waals surface area contributed by atoms with E-state index in [0.29, 0.717) is 12.6 Å². The lowest BCUT2D eigenvalue weighted by Gasteiger charge is -2.23. The largest absolute Gasteiger partial charge is 0.490 e. The van der Waals surface area contributed by atoms with Crippen molar-refractivity contribution in [2.24, 2.45) is 0 Å². The maximum atomic E-state index is 5.81. The number of rotatable bonds is 9. The van der Waals surface area contributed by atoms with Gasteiger partial charge in [-0.05, 0) is 43.9 Å². The minimum atomic E-state index is 0.463. The molecule has 1 unspecified atom stereocenters. The van der Waals surface area contributed by atoms with Crippen molar-refractivity contribution in [1.29, 1.82) is 0 Å². The fourth-order valence-electron chi connectivity index (χ4n) is 2.54. The van der Waals surface area contributed by atoms with Gasteiger partial charge in [0.1, 0.15) is 0 Å². The molecule has 2 rings (SSSR count). The van der Waals surface area contributed by atoms with Crippen LogP contribution in [0, 0.1) is 0 Å². The molecule has 4 heteroatoms. The molecule has 1 aliphatic heterocycles. The second-order valence-corrected chi connectivity index (χ2v) is 5.71. The molecule has 0 bridgehead atoms. The molecule has 1 N–H and O–H groups in total. The highest BCUT2D eigenvalue weighted by Crippen LogP contribution is 2.28. The van der Waals surface area contributed by atoms with Crippen molar-refractivity contribution < 1.29 is 14.2 Å². The molecule has 4 nitrogen and oxygen atoms in total. The van der Waals surface area contributed by atoms with Crippen LogP contribution in [-0.2, 0) is 11.3 Å². The summed E-state index contributed by atoms with van der Waals surface area (Å²) in [6.07, 6.45) is 4.54. The zero-order valence-electron chi connectivity index (χ0n) is 13.9. The summed E-state index contributed by atoms with van der Waals surface area (Å²) in [5.74, 6) is 1.69. The predicted octanol–water partition coefficient (Wildman–Crippen LogP) is 3.53. The van der Waals surface area contributed by atoms with E-state index in [1.54, 1.807) is 0 Å². The number of hydrogen-bond acceptors (Lipinski definition) is 4. The molecule has 1 heterocycles. The van der Waals surface area contributed by atoms with Crippen LogP contribution in [0.1, 0.15) is 45.1 Å². The number of nitrogens with one attached hydrogen (secondary N) is 1. The molecule has 1 atom stereocenters. The highest BCUT2D eigenvalue weighted by Gasteiger charge is 2.13. The van der Waals surface area contributed by atoms with Gasteiger partial charge in [0.25, 0.3) is 0 Å². The van der Waals surface area contributed by atoms with E-state index in [4.69, 9.17) is 14.2 Å². The van der Waals surface area contributed by atoms with E-state index >= 15 is 0 Å². The van der Waals surface area contributed by atoms with Gasteiger partial charge in [-0.2, -0.15) is 0 Å². The fraction of sp³-hybridized carbons (Fsp3) is 0.667. The van der Waals surface area contributed by atoms with Crippen LogP contribution < -0.4 is 14.8 Å². The number of ether oxygens (including phenoxy) is 3. The van der Waals surface area contributed by atoms with Gasteiger partial charge in [0, 0.05) is 19.2 Å². The number of hydrogen-bond donors (Lipinski definition) is 1. The summed E-state index contributed by atoms with van der Waals surface area (Å²) >= 11 is 0. The van der Waals surface area contributed by atoms with Gasteiger partial charge < -0.3 is 19.5 Å². The molecule has 0 spiro atoms. The minimum Gasteiger partial charge on any atom is -0.490 e. The van der Waals surface area contributed by atoms with Gasteiger partial charge in [0.15, 0.2) is 11.5 Å². The van der Waals surface area contributed by atoms with Crippen molar-refractivity contribution in [2.75, 3.05) is 26.4 Å². The summed E-state index contributed by atoms with van der Waals surface area (Å²) < 4.78 is 17.0. The maximum Gasteiger partial charge on any atom is 0.161 e. The van der Waals surface area contributed by atoms with Gasteiger partial charge in [0.05, 0.1) is 19.8 Å². The molecule has 124 valence electrons. The Morgan fingerprint density at radius 2 is 2.14 bits per heavy atom. The molecular weight excluding hydrogens is 278 g/mol. The summed E-state index contributed by atoms with van der Waals surface area (Å²) in [6.45, 7) is 8.11. The first-order valence-electron chi connectivity index (χ1n) is 8.53. The summed E-state index contributed by atoms with van der Waals surface area (Å²) in [4.78, 5) is 0. The quantitative estimate of drug-likeness (QED) is 0.708. The van der Waals surface area contributed by atoms with E-state index in [9.17, 15) is 0 Å². The maximum absolute atomic E-state index is 5.81. The number of unbranched alkanes of at least 4 members (excludes halogenated alkanes) is 1. The van der Waals surface area contributed by atoms with Crippen LogP contribution >= 0.6 is 0 Å². The van der Waals surface area contributed by atoms with E-state index in [-0.39, 0.29) is 0 Å². The molecule has 1 aromatic carbocycles. The third-order valence-electron chi connectivity index (χ3n) is 3.82. The van der Waals surface area contributed by atoms with Crippen LogP contribution in [0.3, 0.4) is 0 Å². The van der Waals surface area contributed by atoms with Gasteiger partial charge in [0.2, 0.25) is 0 Å². The summed E-state index contributed by atoms with van der Waals surface area (Å²) in [6, 6.07) is 6.68. The van der Waals surface area contributed by atoms with Crippen molar-refractivity contribution in [3.05, 3.63) is 23.8 Å². The Kier molecular flexibility index (Phi) is 7.54. The molecule has 0 aromatic heterocycles. The SMILES string of the molecule is CCCCOc1ccc(CNC2CCCOC2)cc1OCC. The van der Waals surface area contributed by atoms with Crippen molar-refractivity contribution in [3.8, 4) is 11.5 Å². The minimum absolute atomic E-state index is 0.463. The van der Waals surface area contributed by atoms with E-state index in [1.807, 2.05) is 13.0 Å². The molecule has 1 fully saturated rings. The fourth-order valence-corrected chi connectivity index (χ4v) is 2.54. The lowest BCUT2D eigenvalue weighted by atomic mass is 10.1. The average molecular weight is 307 g/mol. The lowest BCUT2D eigenvalue weighted by molar-refractivity contribution is 0.0699. The Morgan fingerprint density at radius 3 is 2.86 bits per heavy atom. The first-order valence-corrected chi connectivity index (χ1v) is 8.53. The average Bonchev–Trinajstić information content (AvgIpc) is 2.56. The second-order valence-electron chi connectivity index (χ2n) is 5.71. The van der Waals surface area contributed by atoms with Crippen molar-refractivity contribution in [3.63, 3.8) is 0 Å². The van der Waals surface area contributed by atoms with Crippen molar-refractivity contribution in [2.45, 2.75) is 52.1 Å². The predicted molar refractivity (Wildman–Crippen MR) is 88.7 cm³/mol. The molecule has 1 saturated heterocycles. The second kappa shape index (κ2) is 9.70. The van der Waals surface area contributed by atoms with Gasteiger partial charge >= 0.3 is 0 Å². The normalized spacial score (nSPS) is 18.2. The zero-order chi connectivity index (χ0) is 15.6. The first-order chi connectivity index (χ1) is 10.8. The summed E-state index contributed by atoms with van der Waals surface area (Å²) in [5, 5.41) is 3.56. The molecule has 1 aliphatic rings. The standard InChI is InChI=1S/C18H29NO3/c1-3-5-11-22-17-9-8-15(12-18(17)21-4-2)13-19-16-7-6-10-20-14-16/h8-9,12,16,19H,3-7,10-11,13-14H2,1-2H3. The van der Waals surface area contributed by atoms with Gasteiger partial charge in [-0.3, -0.25) is 0 Å². The monoisotopic (exact) mass is 307 g/mol. The van der Waals surface area contributed by atoms with E-state index in [0.717, 1.165) is 57.1 Å². The topological polar surface area (TPSA) is 39.7 Å². The Balaban J connectivity index is 1.91. The van der Waals surface area contributed by atoms with Crippen LogP contribution in [0.15, 0.2) is 18.2 Å². The number of benzene rings is 1. The van der Waals surface area contributed by atoms with Crippen molar-refractivity contribution >= 4 is 0 Å². The third-order valence-corrected chi connectivity index (χ3v) is 3.82. The molecular formula is C18H29NO3. The molecule has 22 heavy (non-hydrogen) atoms. The Bertz CT molecular complexity index is 430. The van der Waals surface area contributed by atoms with Gasteiger partial charge in [-0.25, -0.2) is 0 Å². The Morgan fingerprint density at radius 1 is 1.23 bits per heavy atom. The van der Waals surface area contributed by atoms with Crippen LogP contribution in [-0.4, -0.2) is 32.5 Å². The molecule has 1 aromatic rings. The Labute approximate surface area is 134 Å².